The van der Waals surface area contributed by atoms with Gasteiger partial charge in [-0.2, -0.15) is 0 Å². The largest absolute Gasteiger partial charge is 0.493 e. The number of hydrogen-bond donors (Lipinski definition) is 1. The summed E-state index contributed by atoms with van der Waals surface area (Å²) in [5, 5.41) is 10.6. The Hall–Kier alpha value is -0.580. The van der Waals surface area contributed by atoms with E-state index in [9.17, 15) is 5.11 Å². The molecule has 1 aromatic carbocycles. The van der Waals surface area contributed by atoms with Crippen molar-refractivity contribution in [3.63, 3.8) is 0 Å². The molecule has 18 heavy (non-hydrogen) atoms. The maximum atomic E-state index is 10.6. The number of hydrogen-bond acceptors (Lipinski definition) is 3. The third-order valence-corrected chi connectivity index (χ3v) is 4.31. The minimum absolute atomic E-state index is 0.118. The van der Waals surface area contributed by atoms with Crippen LogP contribution in [-0.4, -0.2) is 24.4 Å². The molecule has 1 aromatic rings. The van der Waals surface area contributed by atoms with Crippen LogP contribution in [0, 0.1) is 5.92 Å². The zero-order valence-electron chi connectivity index (χ0n) is 10.4. The number of aliphatic hydroxyl groups excluding tert-OH is 1. The third-order valence-electron chi connectivity index (χ3n) is 3.85. The Labute approximate surface area is 115 Å². The quantitative estimate of drug-likeness (QED) is 0.912. The highest BCUT2D eigenvalue weighted by molar-refractivity contribution is 9.10. The zero-order chi connectivity index (χ0) is 12.7. The van der Waals surface area contributed by atoms with Crippen molar-refractivity contribution in [1.29, 1.82) is 0 Å². The van der Waals surface area contributed by atoms with Crippen molar-refractivity contribution in [1.82, 2.24) is 0 Å². The van der Waals surface area contributed by atoms with Crippen LogP contribution in [0.4, 0.5) is 0 Å². The van der Waals surface area contributed by atoms with Gasteiger partial charge >= 0.3 is 0 Å². The molecular formula is C14H17BrO3. The first-order valence-corrected chi connectivity index (χ1v) is 7.21. The van der Waals surface area contributed by atoms with Gasteiger partial charge in [-0.05, 0) is 30.0 Å². The summed E-state index contributed by atoms with van der Waals surface area (Å²) in [7, 11) is 0. The first-order chi connectivity index (χ1) is 8.66. The van der Waals surface area contributed by atoms with E-state index in [0.29, 0.717) is 12.5 Å². The fraction of sp³-hybridized carbons (Fsp3) is 0.571. The molecule has 0 radical (unpaired) electrons. The smallest absolute Gasteiger partial charge is 0.128 e. The van der Waals surface area contributed by atoms with Crippen LogP contribution >= 0.6 is 15.9 Å². The SMILES string of the molecule is CC1CCOC1C(O)c1cc(Br)cc2c1OCC2. The second kappa shape index (κ2) is 4.83. The number of fused-ring (bicyclic) bond motifs is 1. The van der Waals surface area contributed by atoms with E-state index < -0.39 is 6.10 Å². The van der Waals surface area contributed by atoms with Crippen molar-refractivity contribution in [2.45, 2.75) is 32.0 Å². The molecule has 2 heterocycles. The van der Waals surface area contributed by atoms with E-state index >= 15 is 0 Å². The number of rotatable bonds is 2. The van der Waals surface area contributed by atoms with Gasteiger partial charge in [-0.15, -0.1) is 0 Å². The average Bonchev–Trinajstić information content (AvgIpc) is 2.95. The van der Waals surface area contributed by atoms with E-state index in [0.717, 1.165) is 35.2 Å². The molecule has 2 aliphatic rings. The van der Waals surface area contributed by atoms with Crippen LogP contribution in [0.1, 0.15) is 30.6 Å². The Balaban J connectivity index is 1.96. The maximum Gasteiger partial charge on any atom is 0.128 e. The van der Waals surface area contributed by atoms with E-state index in [1.54, 1.807) is 0 Å². The van der Waals surface area contributed by atoms with Gasteiger partial charge in [-0.1, -0.05) is 22.9 Å². The first-order valence-electron chi connectivity index (χ1n) is 6.41. The predicted molar refractivity (Wildman–Crippen MR) is 71.8 cm³/mol. The predicted octanol–water partition coefficient (Wildman–Crippen LogP) is 2.84. The molecular weight excluding hydrogens is 296 g/mol. The molecule has 0 aliphatic carbocycles. The summed E-state index contributed by atoms with van der Waals surface area (Å²) < 4.78 is 12.3. The van der Waals surface area contributed by atoms with Gasteiger partial charge in [-0.3, -0.25) is 0 Å². The molecule has 3 nitrogen and oxygen atoms in total. The molecule has 3 atom stereocenters. The number of aliphatic hydroxyl groups is 1. The van der Waals surface area contributed by atoms with Crippen LogP contribution < -0.4 is 4.74 Å². The molecule has 1 fully saturated rings. The van der Waals surface area contributed by atoms with E-state index in [4.69, 9.17) is 9.47 Å². The van der Waals surface area contributed by atoms with E-state index in [1.165, 1.54) is 5.56 Å². The molecule has 0 saturated carbocycles. The van der Waals surface area contributed by atoms with Crippen LogP contribution in [0.2, 0.25) is 0 Å². The van der Waals surface area contributed by atoms with Gasteiger partial charge in [0, 0.05) is 23.1 Å². The summed E-state index contributed by atoms with van der Waals surface area (Å²) >= 11 is 3.50. The number of ether oxygens (including phenoxy) is 2. The summed E-state index contributed by atoms with van der Waals surface area (Å²) in [5.74, 6) is 1.24. The second-order valence-corrected chi connectivity index (χ2v) is 6.04. The van der Waals surface area contributed by atoms with Gasteiger partial charge in [0.1, 0.15) is 11.9 Å². The fourth-order valence-electron chi connectivity index (χ4n) is 2.82. The van der Waals surface area contributed by atoms with Crippen molar-refractivity contribution >= 4 is 15.9 Å². The van der Waals surface area contributed by atoms with E-state index in [1.807, 2.05) is 6.07 Å². The van der Waals surface area contributed by atoms with E-state index in [-0.39, 0.29) is 6.10 Å². The first kappa shape index (κ1) is 12.5. The molecule has 0 amide bonds. The van der Waals surface area contributed by atoms with Crippen LogP contribution in [-0.2, 0) is 11.2 Å². The van der Waals surface area contributed by atoms with Crippen molar-refractivity contribution in [3.05, 3.63) is 27.7 Å². The molecule has 98 valence electrons. The highest BCUT2D eigenvalue weighted by Gasteiger charge is 2.34. The van der Waals surface area contributed by atoms with Gasteiger partial charge < -0.3 is 14.6 Å². The molecule has 1 N–H and O–H groups in total. The van der Waals surface area contributed by atoms with Crippen LogP contribution in [0.15, 0.2) is 16.6 Å². The maximum absolute atomic E-state index is 10.6. The van der Waals surface area contributed by atoms with Gasteiger partial charge in [0.05, 0.1) is 12.7 Å². The normalized spacial score (nSPS) is 27.9. The fourth-order valence-corrected chi connectivity index (χ4v) is 3.34. The van der Waals surface area contributed by atoms with Gasteiger partial charge in [0.25, 0.3) is 0 Å². The molecule has 0 aromatic heterocycles. The Morgan fingerprint density at radius 2 is 2.22 bits per heavy atom. The van der Waals surface area contributed by atoms with Gasteiger partial charge in [0.15, 0.2) is 0 Å². The molecule has 0 bridgehead atoms. The lowest BCUT2D eigenvalue weighted by Gasteiger charge is -2.23. The van der Waals surface area contributed by atoms with Gasteiger partial charge in [0.2, 0.25) is 0 Å². The lowest BCUT2D eigenvalue weighted by molar-refractivity contribution is -0.0187. The molecule has 2 aliphatic heterocycles. The summed E-state index contributed by atoms with van der Waals surface area (Å²) in [6.45, 7) is 3.56. The molecule has 3 unspecified atom stereocenters. The van der Waals surface area contributed by atoms with E-state index in [2.05, 4.69) is 28.9 Å². The topological polar surface area (TPSA) is 38.7 Å². The van der Waals surface area contributed by atoms with Crippen molar-refractivity contribution in [2.75, 3.05) is 13.2 Å². The van der Waals surface area contributed by atoms with Crippen LogP contribution in [0.3, 0.4) is 0 Å². The van der Waals surface area contributed by atoms with Crippen molar-refractivity contribution < 1.29 is 14.6 Å². The Morgan fingerprint density at radius 1 is 1.39 bits per heavy atom. The zero-order valence-corrected chi connectivity index (χ0v) is 11.9. The highest BCUT2D eigenvalue weighted by atomic mass is 79.9. The summed E-state index contributed by atoms with van der Waals surface area (Å²) in [4.78, 5) is 0. The van der Waals surface area contributed by atoms with Crippen molar-refractivity contribution in [2.24, 2.45) is 5.92 Å². The monoisotopic (exact) mass is 312 g/mol. The minimum atomic E-state index is -0.605. The number of benzene rings is 1. The second-order valence-electron chi connectivity index (χ2n) is 5.13. The van der Waals surface area contributed by atoms with Gasteiger partial charge in [-0.25, -0.2) is 0 Å². The molecule has 3 rings (SSSR count). The van der Waals surface area contributed by atoms with Crippen LogP contribution in [0.5, 0.6) is 5.75 Å². The Morgan fingerprint density at radius 3 is 2.94 bits per heavy atom. The summed E-state index contributed by atoms with van der Waals surface area (Å²) in [6.07, 6.45) is 1.20. The van der Waals surface area contributed by atoms with Crippen LogP contribution in [0.25, 0.3) is 0 Å². The summed E-state index contributed by atoms with van der Waals surface area (Å²) in [5.41, 5.74) is 2.03. The average molecular weight is 313 g/mol. The summed E-state index contributed by atoms with van der Waals surface area (Å²) in [6, 6.07) is 4.01. The number of halogens is 1. The molecule has 4 heteroatoms. The standard InChI is InChI=1S/C14H17BrO3/c1-8-2-4-17-13(8)12(16)11-7-10(15)6-9-3-5-18-14(9)11/h6-8,12-13,16H,2-5H2,1H3. The Kier molecular flexibility index (Phi) is 3.34. The third kappa shape index (κ3) is 2.06. The lowest BCUT2D eigenvalue weighted by Crippen LogP contribution is -2.23. The Bertz CT molecular complexity index is 461. The minimum Gasteiger partial charge on any atom is -0.493 e. The highest BCUT2D eigenvalue weighted by Crippen LogP contribution is 2.40. The molecule has 0 spiro atoms. The molecule has 1 saturated heterocycles. The lowest BCUT2D eigenvalue weighted by atomic mass is 9.93. The van der Waals surface area contributed by atoms with Crippen molar-refractivity contribution in [3.8, 4) is 5.75 Å².